The Morgan fingerprint density at radius 1 is 1.43 bits per heavy atom. The number of unbranched alkanes of at least 4 members (excludes halogenated alkanes) is 2. The molecule has 0 aliphatic carbocycles. The fraction of sp³-hybridized carbons (Fsp3) is 0.733. The molecule has 0 saturated carbocycles. The molecule has 0 aromatic carbocycles. The summed E-state index contributed by atoms with van der Waals surface area (Å²) in [4.78, 5) is 23.5. The standard InChI is InChI=1S/C15H28NO4P/c1-6-8-9-10-13(20-14(17)7-2)12-21(19)15(18)11-16(3,4)5/h7,13H,2,6,8-12H2,1,3-5H3/p+1. The number of rotatable bonds is 10. The van der Waals surface area contributed by atoms with Gasteiger partial charge >= 0.3 is 5.97 Å². The maximum atomic E-state index is 12.2. The number of esters is 1. The summed E-state index contributed by atoms with van der Waals surface area (Å²) >= 11 is 0. The quantitative estimate of drug-likeness (QED) is 0.218. The summed E-state index contributed by atoms with van der Waals surface area (Å²) in [6.45, 7) is 5.78. The molecule has 1 N–H and O–H groups in total. The Bertz CT molecular complexity index is 374. The van der Waals surface area contributed by atoms with Crippen molar-refractivity contribution in [3.05, 3.63) is 12.7 Å². The second kappa shape index (κ2) is 10.1. The van der Waals surface area contributed by atoms with E-state index in [0.717, 1.165) is 25.3 Å². The summed E-state index contributed by atoms with van der Waals surface area (Å²) in [5.74, 6) is -0.508. The number of likely N-dealkylation sites (N-methyl/N-ethyl adjacent to an activating group) is 1. The van der Waals surface area contributed by atoms with Gasteiger partial charge in [0.2, 0.25) is 0 Å². The van der Waals surface area contributed by atoms with Crippen LogP contribution in [0.4, 0.5) is 0 Å². The third kappa shape index (κ3) is 10.6. The lowest BCUT2D eigenvalue weighted by Crippen LogP contribution is -2.40. The zero-order chi connectivity index (χ0) is 16.5. The maximum absolute atomic E-state index is 12.2. The van der Waals surface area contributed by atoms with Crippen molar-refractivity contribution in [2.45, 2.75) is 38.7 Å². The minimum absolute atomic E-state index is 0.0207. The fourth-order valence-electron chi connectivity index (χ4n) is 1.82. The Morgan fingerprint density at radius 2 is 2.05 bits per heavy atom. The van der Waals surface area contributed by atoms with Crippen molar-refractivity contribution in [1.29, 1.82) is 0 Å². The van der Waals surface area contributed by atoms with Crippen LogP contribution in [0.2, 0.25) is 0 Å². The van der Waals surface area contributed by atoms with E-state index < -0.39 is 19.8 Å². The van der Waals surface area contributed by atoms with Gasteiger partial charge < -0.3 is 19.2 Å². The molecule has 0 aromatic rings. The largest absolute Gasteiger partial charge is 0.628 e. The Labute approximate surface area is 129 Å². The van der Waals surface area contributed by atoms with E-state index in [-0.39, 0.29) is 11.6 Å². The number of carbonyl (C=O) groups is 1. The number of carbonyl (C=O) groups excluding carboxylic acids is 1. The van der Waals surface area contributed by atoms with Crippen LogP contribution in [0.25, 0.3) is 0 Å². The average molecular weight is 318 g/mol. The first kappa shape index (κ1) is 20.3. The smallest absolute Gasteiger partial charge is 0.330 e. The summed E-state index contributed by atoms with van der Waals surface area (Å²) < 4.78 is 5.73. The second-order valence-corrected chi connectivity index (χ2v) is 7.82. The van der Waals surface area contributed by atoms with Crippen molar-refractivity contribution in [3.63, 3.8) is 0 Å². The van der Waals surface area contributed by atoms with Crippen LogP contribution in [0, 0.1) is 0 Å². The van der Waals surface area contributed by atoms with Crippen LogP contribution in [-0.2, 0) is 9.53 Å². The van der Waals surface area contributed by atoms with Crippen LogP contribution in [0.1, 0.15) is 32.6 Å². The molecule has 0 rings (SSSR count). The van der Waals surface area contributed by atoms with Crippen molar-refractivity contribution < 1.29 is 24.0 Å². The fourth-order valence-corrected chi connectivity index (χ4v) is 3.24. The molecule has 0 aromatic heterocycles. The molecule has 0 bridgehead atoms. The van der Waals surface area contributed by atoms with Gasteiger partial charge in [-0.15, -0.1) is 0 Å². The van der Waals surface area contributed by atoms with E-state index in [4.69, 9.17) is 4.74 Å². The van der Waals surface area contributed by atoms with Gasteiger partial charge in [0.05, 0.1) is 28.9 Å². The van der Waals surface area contributed by atoms with Crippen molar-refractivity contribution in [2.75, 3.05) is 33.8 Å². The normalized spacial score (nSPS) is 14.4. The van der Waals surface area contributed by atoms with Crippen LogP contribution >= 0.6 is 7.77 Å². The predicted octanol–water partition coefficient (Wildman–Crippen LogP) is 1.63. The minimum Gasteiger partial charge on any atom is -0.628 e. The molecule has 0 heterocycles. The van der Waals surface area contributed by atoms with E-state index in [1.165, 1.54) is 0 Å². The number of nitrogens with zero attached hydrogens (tertiary/aromatic N) is 1. The first-order valence-electron chi connectivity index (χ1n) is 7.32. The van der Waals surface area contributed by atoms with Crippen LogP contribution < -0.4 is 4.89 Å². The first-order chi connectivity index (χ1) is 9.69. The molecule has 21 heavy (non-hydrogen) atoms. The Morgan fingerprint density at radius 3 is 2.52 bits per heavy atom. The molecule has 122 valence electrons. The molecule has 0 amide bonds. The van der Waals surface area contributed by atoms with Crippen molar-refractivity contribution in [3.8, 4) is 0 Å². The molecule has 0 spiro atoms. The monoisotopic (exact) mass is 318 g/mol. The Kier molecular flexibility index (Phi) is 9.71. The average Bonchev–Trinajstić information content (AvgIpc) is 2.36. The van der Waals surface area contributed by atoms with Gasteiger partial charge in [0.1, 0.15) is 12.3 Å². The lowest BCUT2D eigenvalue weighted by Gasteiger charge is -2.22. The van der Waals surface area contributed by atoms with Crippen LogP contribution in [0.15, 0.2) is 12.7 Å². The number of aliphatic hydroxyl groups is 1. The molecule has 6 heteroatoms. The van der Waals surface area contributed by atoms with E-state index >= 15 is 0 Å². The van der Waals surface area contributed by atoms with Gasteiger partial charge in [-0.05, 0) is 12.8 Å². The lowest BCUT2D eigenvalue weighted by atomic mass is 10.1. The maximum Gasteiger partial charge on any atom is 0.330 e. The van der Waals surface area contributed by atoms with Gasteiger partial charge in [0.15, 0.2) is 6.54 Å². The van der Waals surface area contributed by atoms with Crippen LogP contribution in [-0.4, -0.2) is 61.0 Å². The van der Waals surface area contributed by atoms with E-state index in [1.807, 2.05) is 21.1 Å². The number of quaternary nitrogens is 1. The molecular weight excluding hydrogens is 289 g/mol. The summed E-state index contributed by atoms with van der Waals surface area (Å²) in [5.41, 5.74) is -0.0207. The van der Waals surface area contributed by atoms with Crippen LogP contribution in [0.5, 0.6) is 0 Å². The van der Waals surface area contributed by atoms with Crippen molar-refractivity contribution >= 4 is 19.2 Å². The van der Waals surface area contributed by atoms with Crippen LogP contribution in [0.3, 0.4) is 0 Å². The lowest BCUT2D eigenvalue weighted by molar-refractivity contribution is -0.861. The third-order valence-corrected chi connectivity index (χ3v) is 4.31. The highest BCUT2D eigenvalue weighted by Gasteiger charge is 2.22. The Hall–Kier alpha value is -0.740. The molecule has 0 aliphatic heterocycles. The number of hydrogen-bond donors (Lipinski definition) is 1. The topological polar surface area (TPSA) is 69.6 Å². The number of ether oxygens (including phenoxy) is 1. The molecule has 2 atom stereocenters. The molecule has 0 radical (unpaired) electrons. The van der Waals surface area contributed by atoms with Gasteiger partial charge in [-0.2, -0.15) is 0 Å². The van der Waals surface area contributed by atoms with Crippen molar-refractivity contribution in [2.24, 2.45) is 0 Å². The molecule has 0 aliphatic rings. The Balaban J connectivity index is 4.72. The SMILES string of the molecule is C=CC(=O)OC(CCCCC)C/[P+]([O-])=C(\O)C[N+](C)(C)C. The molecule has 0 saturated heterocycles. The van der Waals surface area contributed by atoms with Gasteiger partial charge in [-0.1, -0.05) is 26.3 Å². The van der Waals surface area contributed by atoms with E-state index in [0.29, 0.717) is 17.4 Å². The van der Waals surface area contributed by atoms with Gasteiger partial charge in [0.25, 0.3) is 5.48 Å². The summed E-state index contributed by atoms with van der Waals surface area (Å²) in [7, 11) is 3.83. The molecule has 2 unspecified atom stereocenters. The van der Waals surface area contributed by atoms with E-state index in [9.17, 15) is 14.8 Å². The second-order valence-electron chi connectivity index (χ2n) is 6.18. The van der Waals surface area contributed by atoms with Gasteiger partial charge in [-0.25, -0.2) is 4.79 Å². The highest BCUT2D eigenvalue weighted by atomic mass is 31.1. The zero-order valence-corrected chi connectivity index (χ0v) is 14.6. The highest BCUT2D eigenvalue weighted by Crippen LogP contribution is 2.21. The molecule has 0 fully saturated rings. The van der Waals surface area contributed by atoms with Gasteiger partial charge in [-0.3, -0.25) is 0 Å². The first-order valence-corrected chi connectivity index (χ1v) is 8.77. The molecule has 5 nitrogen and oxygen atoms in total. The number of aliphatic hydroxyl groups excluding tert-OH is 1. The molecular formula is C15H29NO4P+. The summed E-state index contributed by atoms with van der Waals surface area (Å²) in [6.07, 6.45) is 4.51. The van der Waals surface area contributed by atoms with E-state index in [2.05, 4.69) is 13.5 Å². The number of hydrogen-bond acceptors (Lipinski definition) is 3. The predicted molar refractivity (Wildman–Crippen MR) is 85.8 cm³/mol. The van der Waals surface area contributed by atoms with Crippen molar-refractivity contribution in [1.82, 2.24) is 0 Å². The zero-order valence-electron chi connectivity index (χ0n) is 13.7. The van der Waals surface area contributed by atoms with Gasteiger partial charge in [0, 0.05) is 6.08 Å². The highest BCUT2D eigenvalue weighted by molar-refractivity contribution is 7.51. The van der Waals surface area contributed by atoms with E-state index in [1.54, 1.807) is 0 Å². The minimum atomic E-state index is -1.91. The summed E-state index contributed by atoms with van der Waals surface area (Å²) in [5, 5.41) is 9.92. The third-order valence-electron chi connectivity index (χ3n) is 2.85. The summed E-state index contributed by atoms with van der Waals surface area (Å²) in [6, 6.07) is 0.